The number of hydrogen-bond donors (Lipinski definition) is 0. The Morgan fingerprint density at radius 2 is 2.18 bits per heavy atom. The first-order chi connectivity index (χ1) is 8.42. The van der Waals surface area contributed by atoms with Crippen LogP contribution in [0.4, 0.5) is 0 Å². The number of nitrogens with zero attached hydrogens (tertiary/aromatic N) is 2. The third kappa shape index (κ3) is 2.11. The highest BCUT2D eigenvalue weighted by Gasteiger charge is 1.92. The summed E-state index contributed by atoms with van der Waals surface area (Å²) in [5, 5.41) is 2.45. The average molecular weight is 219 g/mol. The second-order valence-electron chi connectivity index (χ2n) is 3.86. The SMILES string of the molecule is [c]1ccc2cc(/C=C/n3ccnc3)ccc2c1. The molecule has 0 aliphatic carbocycles. The summed E-state index contributed by atoms with van der Waals surface area (Å²) in [5.74, 6) is 0. The number of benzene rings is 2. The lowest BCUT2D eigenvalue weighted by atomic mass is 10.1. The van der Waals surface area contributed by atoms with Gasteiger partial charge in [0.05, 0.1) is 6.33 Å². The van der Waals surface area contributed by atoms with E-state index < -0.39 is 0 Å². The zero-order valence-corrected chi connectivity index (χ0v) is 9.25. The molecule has 0 atom stereocenters. The Labute approximate surface area is 99.8 Å². The van der Waals surface area contributed by atoms with Crippen LogP contribution in [0.5, 0.6) is 0 Å². The first kappa shape index (κ1) is 9.85. The average Bonchev–Trinajstić information content (AvgIpc) is 2.89. The zero-order valence-electron chi connectivity index (χ0n) is 9.25. The van der Waals surface area contributed by atoms with Crippen LogP contribution in [0, 0.1) is 6.07 Å². The summed E-state index contributed by atoms with van der Waals surface area (Å²) in [6, 6.07) is 15.5. The fraction of sp³-hybridized carbons (Fsp3) is 0. The highest BCUT2D eigenvalue weighted by Crippen LogP contribution is 2.16. The Kier molecular flexibility index (Phi) is 2.47. The minimum absolute atomic E-state index is 1.18. The van der Waals surface area contributed by atoms with Crippen molar-refractivity contribution < 1.29 is 0 Å². The Morgan fingerprint density at radius 3 is 3.06 bits per heavy atom. The molecule has 17 heavy (non-hydrogen) atoms. The normalized spacial score (nSPS) is 11.3. The van der Waals surface area contributed by atoms with Gasteiger partial charge in [0, 0.05) is 18.6 Å². The van der Waals surface area contributed by atoms with Gasteiger partial charge in [-0.2, -0.15) is 0 Å². The van der Waals surface area contributed by atoms with Crippen LogP contribution in [-0.4, -0.2) is 9.55 Å². The highest BCUT2D eigenvalue weighted by atomic mass is 15.0. The molecule has 2 heteroatoms. The molecule has 0 spiro atoms. The van der Waals surface area contributed by atoms with E-state index in [1.807, 2.05) is 29.1 Å². The summed E-state index contributed by atoms with van der Waals surface area (Å²) in [4.78, 5) is 3.99. The number of rotatable bonds is 2. The standard InChI is InChI=1S/C15H11N2/c1-2-4-15-11-13(5-6-14(15)3-1)7-9-17-10-8-16-12-17/h2-12H/b9-7+. The molecular formula is C15H11N2. The van der Waals surface area contributed by atoms with E-state index in [1.165, 1.54) is 16.3 Å². The molecule has 0 bridgehead atoms. The first-order valence-electron chi connectivity index (χ1n) is 5.47. The summed E-state index contributed by atoms with van der Waals surface area (Å²) in [5.41, 5.74) is 1.18. The van der Waals surface area contributed by atoms with Gasteiger partial charge in [-0.15, -0.1) is 0 Å². The molecule has 1 aromatic heterocycles. The highest BCUT2D eigenvalue weighted by molar-refractivity contribution is 5.85. The molecule has 2 nitrogen and oxygen atoms in total. The molecule has 1 heterocycles. The lowest BCUT2D eigenvalue weighted by Crippen LogP contribution is -1.79. The predicted molar refractivity (Wildman–Crippen MR) is 70.2 cm³/mol. The van der Waals surface area contributed by atoms with Crippen molar-refractivity contribution in [3.05, 3.63) is 66.7 Å². The number of aromatic nitrogens is 2. The van der Waals surface area contributed by atoms with Crippen LogP contribution in [-0.2, 0) is 0 Å². The molecular weight excluding hydrogens is 208 g/mol. The monoisotopic (exact) mass is 219 g/mol. The molecule has 0 saturated heterocycles. The van der Waals surface area contributed by atoms with Crippen molar-refractivity contribution in [3.8, 4) is 0 Å². The maximum atomic E-state index is 3.99. The van der Waals surface area contributed by atoms with Gasteiger partial charge in [-0.25, -0.2) is 4.98 Å². The molecule has 2 aromatic carbocycles. The van der Waals surface area contributed by atoms with Gasteiger partial charge in [0.15, 0.2) is 0 Å². The van der Waals surface area contributed by atoms with Crippen molar-refractivity contribution >= 4 is 23.0 Å². The van der Waals surface area contributed by atoms with Gasteiger partial charge in [0.25, 0.3) is 0 Å². The molecule has 0 saturated carbocycles. The van der Waals surface area contributed by atoms with Crippen molar-refractivity contribution in [3.63, 3.8) is 0 Å². The number of imidazole rings is 1. The smallest absolute Gasteiger partial charge is 0.0986 e. The molecule has 3 rings (SSSR count). The molecule has 3 aromatic rings. The maximum Gasteiger partial charge on any atom is 0.0986 e. The number of fused-ring (bicyclic) bond motifs is 1. The topological polar surface area (TPSA) is 17.8 Å². The lowest BCUT2D eigenvalue weighted by molar-refractivity contribution is 1.14. The van der Waals surface area contributed by atoms with E-state index in [4.69, 9.17) is 0 Å². The maximum absolute atomic E-state index is 3.99. The van der Waals surface area contributed by atoms with E-state index in [2.05, 4.69) is 41.4 Å². The van der Waals surface area contributed by atoms with Crippen LogP contribution in [0.3, 0.4) is 0 Å². The molecule has 0 amide bonds. The summed E-state index contributed by atoms with van der Waals surface area (Å²) in [7, 11) is 0. The Hall–Kier alpha value is -2.35. The van der Waals surface area contributed by atoms with Gasteiger partial charge in [0.1, 0.15) is 0 Å². The molecule has 81 valence electrons. The van der Waals surface area contributed by atoms with Gasteiger partial charge in [-0.05, 0) is 40.6 Å². The third-order valence-electron chi connectivity index (χ3n) is 2.67. The van der Waals surface area contributed by atoms with Gasteiger partial charge in [-0.1, -0.05) is 24.3 Å². The molecule has 0 unspecified atom stereocenters. The van der Waals surface area contributed by atoms with E-state index >= 15 is 0 Å². The van der Waals surface area contributed by atoms with Crippen LogP contribution < -0.4 is 0 Å². The fourth-order valence-corrected chi connectivity index (χ4v) is 1.78. The summed E-state index contributed by atoms with van der Waals surface area (Å²) >= 11 is 0. The number of hydrogen-bond acceptors (Lipinski definition) is 1. The molecule has 0 aliphatic rings. The van der Waals surface area contributed by atoms with Crippen LogP contribution in [0.2, 0.25) is 0 Å². The Bertz CT molecular complexity index is 652. The van der Waals surface area contributed by atoms with E-state index in [9.17, 15) is 0 Å². The molecule has 0 aliphatic heterocycles. The van der Waals surface area contributed by atoms with Crippen LogP contribution in [0.15, 0.2) is 55.1 Å². The van der Waals surface area contributed by atoms with Gasteiger partial charge >= 0.3 is 0 Å². The predicted octanol–water partition coefficient (Wildman–Crippen LogP) is 3.46. The second-order valence-corrected chi connectivity index (χ2v) is 3.86. The van der Waals surface area contributed by atoms with Crippen molar-refractivity contribution in [2.75, 3.05) is 0 Å². The van der Waals surface area contributed by atoms with Crippen molar-refractivity contribution in [1.29, 1.82) is 0 Å². The summed E-state index contributed by atoms with van der Waals surface area (Å²) in [6.45, 7) is 0. The van der Waals surface area contributed by atoms with Crippen LogP contribution >= 0.6 is 0 Å². The van der Waals surface area contributed by atoms with Gasteiger partial charge in [0.2, 0.25) is 0 Å². The quantitative estimate of drug-likeness (QED) is 0.645. The van der Waals surface area contributed by atoms with Gasteiger partial charge < -0.3 is 4.57 Å². The molecule has 1 radical (unpaired) electrons. The van der Waals surface area contributed by atoms with Gasteiger partial charge in [-0.3, -0.25) is 0 Å². The fourth-order valence-electron chi connectivity index (χ4n) is 1.78. The van der Waals surface area contributed by atoms with Crippen LogP contribution in [0.1, 0.15) is 5.56 Å². The summed E-state index contributed by atoms with van der Waals surface area (Å²) in [6.07, 6.45) is 9.50. The van der Waals surface area contributed by atoms with E-state index in [0.29, 0.717) is 0 Å². The van der Waals surface area contributed by atoms with Crippen molar-refractivity contribution in [1.82, 2.24) is 9.55 Å². The van der Waals surface area contributed by atoms with Crippen molar-refractivity contribution in [2.24, 2.45) is 0 Å². The minimum Gasteiger partial charge on any atom is -0.313 e. The van der Waals surface area contributed by atoms with Crippen LogP contribution in [0.25, 0.3) is 23.0 Å². The second kappa shape index (κ2) is 4.26. The van der Waals surface area contributed by atoms with Crippen molar-refractivity contribution in [2.45, 2.75) is 0 Å². The van der Waals surface area contributed by atoms with E-state index in [-0.39, 0.29) is 0 Å². The Balaban J connectivity index is 1.96. The minimum atomic E-state index is 1.18. The molecule has 0 fully saturated rings. The Morgan fingerprint density at radius 1 is 1.18 bits per heavy atom. The van der Waals surface area contributed by atoms with E-state index in [1.54, 1.807) is 12.5 Å². The zero-order chi connectivity index (χ0) is 11.5. The lowest BCUT2D eigenvalue weighted by Gasteiger charge is -1.99. The first-order valence-corrected chi connectivity index (χ1v) is 5.47. The third-order valence-corrected chi connectivity index (χ3v) is 2.67. The summed E-state index contributed by atoms with van der Waals surface area (Å²) < 4.78 is 1.92. The molecule has 0 N–H and O–H groups in total. The largest absolute Gasteiger partial charge is 0.313 e. The van der Waals surface area contributed by atoms with E-state index in [0.717, 1.165) is 0 Å².